The molecule has 0 atom stereocenters. The number of anilines is 1. The number of hydrogen-bond donors (Lipinski definition) is 0. The SMILES string of the molecule is CCCCCC/C(C)=C/CCN(CC/C=C(\C)CCCCCC)c1cccc(C(F)(F)F)c1. The van der Waals surface area contributed by atoms with Crippen molar-refractivity contribution in [3.05, 3.63) is 53.1 Å². The Morgan fingerprint density at radius 3 is 1.76 bits per heavy atom. The van der Waals surface area contributed by atoms with E-state index in [2.05, 4.69) is 44.7 Å². The molecule has 0 aliphatic heterocycles. The average Bonchev–Trinajstić information content (AvgIpc) is 2.78. The summed E-state index contributed by atoms with van der Waals surface area (Å²) in [6.07, 6.45) is 14.2. The van der Waals surface area contributed by atoms with Gasteiger partial charge in [0, 0.05) is 18.8 Å². The van der Waals surface area contributed by atoms with Gasteiger partial charge in [0.2, 0.25) is 0 Å². The highest BCUT2D eigenvalue weighted by Crippen LogP contribution is 2.32. The van der Waals surface area contributed by atoms with Gasteiger partial charge in [-0.25, -0.2) is 0 Å². The van der Waals surface area contributed by atoms with Crippen LogP contribution in [0.3, 0.4) is 0 Å². The summed E-state index contributed by atoms with van der Waals surface area (Å²) in [7, 11) is 0. The maximum absolute atomic E-state index is 13.3. The van der Waals surface area contributed by atoms with Crippen LogP contribution >= 0.6 is 0 Å². The van der Waals surface area contributed by atoms with Crippen LogP contribution in [-0.4, -0.2) is 13.1 Å². The van der Waals surface area contributed by atoms with E-state index in [9.17, 15) is 13.2 Å². The first-order valence-electron chi connectivity index (χ1n) is 13.0. The molecule has 1 rings (SSSR count). The molecule has 0 saturated carbocycles. The number of allylic oxidation sites excluding steroid dienone is 2. The molecule has 0 aromatic heterocycles. The van der Waals surface area contributed by atoms with Crippen LogP contribution in [0.4, 0.5) is 18.9 Å². The molecule has 4 heteroatoms. The number of benzene rings is 1. The molecule has 0 bridgehead atoms. The standard InChI is InChI=1S/C29H46F3N/c1-5-7-9-11-16-25(3)18-14-22-33(23-15-19-26(4)17-12-10-8-6-2)28-21-13-20-27(24-28)29(30,31)32/h13,18-21,24H,5-12,14-17,22-23H2,1-4H3/b25-18+,26-19+. The fourth-order valence-electron chi connectivity index (χ4n) is 4.05. The molecule has 0 heterocycles. The van der Waals surface area contributed by atoms with Crippen molar-refractivity contribution in [3.8, 4) is 0 Å². The zero-order chi connectivity index (χ0) is 24.5. The van der Waals surface area contributed by atoms with Gasteiger partial charge < -0.3 is 4.90 Å². The molecule has 188 valence electrons. The average molecular weight is 466 g/mol. The molecule has 0 aliphatic carbocycles. The lowest BCUT2D eigenvalue weighted by atomic mass is 10.1. The molecule has 1 aromatic rings. The first kappa shape index (κ1) is 29.3. The van der Waals surface area contributed by atoms with Gasteiger partial charge in [0.15, 0.2) is 0 Å². The summed E-state index contributed by atoms with van der Waals surface area (Å²) >= 11 is 0. The van der Waals surface area contributed by atoms with E-state index in [1.54, 1.807) is 6.07 Å². The summed E-state index contributed by atoms with van der Waals surface area (Å²) in [4.78, 5) is 2.11. The Kier molecular flexibility index (Phi) is 15.0. The Morgan fingerprint density at radius 2 is 1.30 bits per heavy atom. The Morgan fingerprint density at radius 1 is 0.788 bits per heavy atom. The highest BCUT2D eigenvalue weighted by Gasteiger charge is 2.30. The number of halogens is 3. The second kappa shape index (κ2) is 16.8. The molecule has 0 spiro atoms. The highest BCUT2D eigenvalue weighted by molar-refractivity contribution is 5.49. The number of unbranched alkanes of at least 4 members (excludes halogenated alkanes) is 6. The molecule has 0 aliphatic rings. The molecule has 33 heavy (non-hydrogen) atoms. The van der Waals surface area contributed by atoms with Gasteiger partial charge in [-0.1, -0.05) is 81.7 Å². The van der Waals surface area contributed by atoms with E-state index in [0.29, 0.717) is 5.69 Å². The summed E-state index contributed by atoms with van der Waals surface area (Å²) in [6.45, 7) is 10.2. The summed E-state index contributed by atoms with van der Waals surface area (Å²) in [5, 5.41) is 0. The largest absolute Gasteiger partial charge is 0.416 e. The van der Waals surface area contributed by atoms with Crippen LogP contribution in [-0.2, 0) is 6.18 Å². The molecule has 0 radical (unpaired) electrons. The second-order valence-electron chi connectivity index (χ2n) is 9.33. The highest BCUT2D eigenvalue weighted by atomic mass is 19.4. The third kappa shape index (κ3) is 13.6. The molecular formula is C29H46F3N. The first-order valence-corrected chi connectivity index (χ1v) is 13.0. The fourth-order valence-corrected chi connectivity index (χ4v) is 4.05. The monoisotopic (exact) mass is 465 g/mol. The van der Waals surface area contributed by atoms with E-state index in [0.717, 1.165) is 44.8 Å². The van der Waals surface area contributed by atoms with Crippen LogP contribution in [0, 0.1) is 0 Å². The van der Waals surface area contributed by atoms with Crippen molar-refractivity contribution in [1.82, 2.24) is 0 Å². The summed E-state index contributed by atoms with van der Waals surface area (Å²) in [5.41, 5.74) is 2.86. The van der Waals surface area contributed by atoms with Gasteiger partial charge in [-0.3, -0.25) is 0 Å². The van der Waals surface area contributed by atoms with Crippen molar-refractivity contribution in [3.63, 3.8) is 0 Å². The third-order valence-electron chi connectivity index (χ3n) is 6.17. The molecule has 1 aromatic carbocycles. The summed E-state index contributed by atoms with van der Waals surface area (Å²) in [5.74, 6) is 0. The van der Waals surface area contributed by atoms with Crippen molar-refractivity contribution < 1.29 is 13.2 Å². The quantitative estimate of drug-likeness (QED) is 0.163. The Bertz CT molecular complexity index is 671. The molecule has 0 amide bonds. The van der Waals surface area contributed by atoms with Crippen LogP contribution in [0.2, 0.25) is 0 Å². The Labute approximate surface area is 201 Å². The zero-order valence-electron chi connectivity index (χ0n) is 21.4. The Balaban J connectivity index is 2.75. The van der Waals surface area contributed by atoms with Crippen LogP contribution in [0.5, 0.6) is 0 Å². The minimum Gasteiger partial charge on any atom is -0.371 e. The van der Waals surface area contributed by atoms with E-state index in [1.165, 1.54) is 74.6 Å². The molecular weight excluding hydrogens is 419 g/mol. The van der Waals surface area contributed by atoms with Crippen molar-refractivity contribution in [1.29, 1.82) is 0 Å². The first-order chi connectivity index (χ1) is 15.8. The number of alkyl halides is 3. The van der Waals surface area contributed by atoms with Crippen molar-refractivity contribution >= 4 is 5.69 Å². The van der Waals surface area contributed by atoms with Crippen molar-refractivity contribution in [2.75, 3.05) is 18.0 Å². The predicted octanol–water partition coefficient (Wildman–Crippen LogP) is 10.1. The number of hydrogen-bond acceptors (Lipinski definition) is 1. The fraction of sp³-hybridized carbons (Fsp3) is 0.655. The lowest BCUT2D eigenvalue weighted by Gasteiger charge is -2.25. The molecule has 0 fully saturated rings. The van der Waals surface area contributed by atoms with Crippen LogP contribution < -0.4 is 4.90 Å². The van der Waals surface area contributed by atoms with Crippen LogP contribution in [0.15, 0.2) is 47.6 Å². The summed E-state index contributed by atoms with van der Waals surface area (Å²) < 4.78 is 39.8. The molecule has 0 N–H and O–H groups in total. The molecule has 0 saturated heterocycles. The maximum atomic E-state index is 13.3. The zero-order valence-corrected chi connectivity index (χ0v) is 21.4. The van der Waals surface area contributed by atoms with Gasteiger partial charge in [-0.15, -0.1) is 0 Å². The lowest BCUT2D eigenvalue weighted by molar-refractivity contribution is -0.137. The lowest BCUT2D eigenvalue weighted by Crippen LogP contribution is -2.25. The molecule has 0 unspecified atom stereocenters. The second-order valence-corrected chi connectivity index (χ2v) is 9.33. The van der Waals surface area contributed by atoms with E-state index in [4.69, 9.17) is 0 Å². The van der Waals surface area contributed by atoms with Gasteiger partial charge in [0.1, 0.15) is 0 Å². The van der Waals surface area contributed by atoms with E-state index >= 15 is 0 Å². The maximum Gasteiger partial charge on any atom is 0.416 e. The van der Waals surface area contributed by atoms with Gasteiger partial charge in [0.25, 0.3) is 0 Å². The Hall–Kier alpha value is -1.71. The molecule has 1 nitrogen and oxygen atoms in total. The van der Waals surface area contributed by atoms with Gasteiger partial charge in [-0.2, -0.15) is 13.2 Å². The number of nitrogens with zero attached hydrogens (tertiary/aromatic N) is 1. The normalized spacial score (nSPS) is 12.9. The van der Waals surface area contributed by atoms with Gasteiger partial charge in [0.05, 0.1) is 5.56 Å². The smallest absolute Gasteiger partial charge is 0.371 e. The third-order valence-corrected chi connectivity index (χ3v) is 6.17. The predicted molar refractivity (Wildman–Crippen MR) is 138 cm³/mol. The minimum atomic E-state index is -4.31. The topological polar surface area (TPSA) is 3.24 Å². The number of rotatable bonds is 17. The van der Waals surface area contributed by atoms with Crippen LogP contribution in [0.1, 0.15) is 110 Å². The van der Waals surface area contributed by atoms with Gasteiger partial charge >= 0.3 is 6.18 Å². The van der Waals surface area contributed by atoms with Crippen molar-refractivity contribution in [2.45, 2.75) is 111 Å². The van der Waals surface area contributed by atoms with Crippen molar-refractivity contribution in [2.24, 2.45) is 0 Å². The minimum absolute atomic E-state index is 0.574. The van der Waals surface area contributed by atoms with E-state index in [1.807, 2.05) is 0 Å². The van der Waals surface area contributed by atoms with E-state index < -0.39 is 11.7 Å². The summed E-state index contributed by atoms with van der Waals surface area (Å²) in [6, 6.07) is 5.78. The van der Waals surface area contributed by atoms with Gasteiger partial charge in [-0.05, 0) is 70.6 Å². The van der Waals surface area contributed by atoms with E-state index in [-0.39, 0.29) is 0 Å². The van der Waals surface area contributed by atoms with Crippen LogP contribution in [0.25, 0.3) is 0 Å².